The van der Waals surface area contributed by atoms with Gasteiger partial charge in [-0.25, -0.2) is 0 Å². The van der Waals surface area contributed by atoms with E-state index in [-0.39, 0.29) is 0 Å². The number of fused-ring (bicyclic) bond motifs is 1. The summed E-state index contributed by atoms with van der Waals surface area (Å²) in [5.41, 5.74) is 2.14. The van der Waals surface area contributed by atoms with Crippen LogP contribution >= 0.6 is 0 Å². The van der Waals surface area contributed by atoms with Gasteiger partial charge >= 0.3 is 0 Å². The van der Waals surface area contributed by atoms with Crippen LogP contribution in [0.25, 0.3) is 10.9 Å². The van der Waals surface area contributed by atoms with Crippen molar-refractivity contribution >= 4 is 10.9 Å². The molecule has 2 rings (SSSR count). The summed E-state index contributed by atoms with van der Waals surface area (Å²) in [4.78, 5) is 0. The third-order valence-corrected chi connectivity index (χ3v) is 1.62. The van der Waals surface area contributed by atoms with Crippen LogP contribution in [0, 0.1) is 6.92 Å². The van der Waals surface area contributed by atoms with Gasteiger partial charge in [0, 0.05) is 5.39 Å². The van der Waals surface area contributed by atoms with Crippen molar-refractivity contribution in [3.8, 4) is 0 Å². The van der Waals surface area contributed by atoms with E-state index in [0.29, 0.717) is 0 Å². The van der Waals surface area contributed by atoms with Crippen LogP contribution in [0.4, 0.5) is 0 Å². The Labute approximate surface area is 58.4 Å². The van der Waals surface area contributed by atoms with Crippen molar-refractivity contribution in [3.05, 3.63) is 30.0 Å². The lowest BCUT2D eigenvalue weighted by Crippen LogP contribution is -1.71. The highest BCUT2D eigenvalue weighted by molar-refractivity contribution is 5.80. The van der Waals surface area contributed by atoms with Crippen molar-refractivity contribution in [1.82, 2.24) is 5.16 Å². The van der Waals surface area contributed by atoms with Crippen LogP contribution in [0.15, 0.2) is 29.0 Å². The third kappa shape index (κ3) is 0.620. The summed E-state index contributed by atoms with van der Waals surface area (Å²) in [5.74, 6) is 0. The summed E-state index contributed by atoms with van der Waals surface area (Å²) >= 11 is 0. The highest BCUT2D eigenvalue weighted by atomic mass is 16.5. The normalized spacial score (nSPS) is 10.5. The summed E-state index contributed by atoms with van der Waals surface area (Å²) in [6.07, 6.45) is 1.67. The number of aromatic nitrogens is 1. The van der Waals surface area contributed by atoms with Crippen molar-refractivity contribution in [2.24, 2.45) is 0 Å². The molecule has 2 nitrogen and oxygen atoms in total. The molecule has 0 aliphatic heterocycles. The average molecular weight is 133 g/mol. The van der Waals surface area contributed by atoms with E-state index in [0.717, 1.165) is 10.9 Å². The van der Waals surface area contributed by atoms with Gasteiger partial charge < -0.3 is 4.52 Å². The molecule has 1 heterocycles. The zero-order chi connectivity index (χ0) is 6.97. The summed E-state index contributed by atoms with van der Waals surface area (Å²) in [6.45, 7) is 2.04. The zero-order valence-corrected chi connectivity index (χ0v) is 5.66. The van der Waals surface area contributed by atoms with Gasteiger partial charge in [-0.1, -0.05) is 17.3 Å². The van der Waals surface area contributed by atoms with Gasteiger partial charge in [-0.2, -0.15) is 0 Å². The van der Waals surface area contributed by atoms with Gasteiger partial charge in [0.15, 0.2) is 0 Å². The molecule has 0 saturated heterocycles. The number of aryl methyl sites for hydroxylation is 1. The van der Waals surface area contributed by atoms with Gasteiger partial charge in [-0.05, 0) is 18.6 Å². The lowest BCUT2D eigenvalue weighted by Gasteiger charge is -1.88. The molecule has 0 aliphatic rings. The number of hydrogen-bond acceptors (Lipinski definition) is 2. The zero-order valence-electron chi connectivity index (χ0n) is 5.66. The van der Waals surface area contributed by atoms with Crippen LogP contribution in [-0.2, 0) is 0 Å². The highest BCUT2D eigenvalue weighted by Crippen LogP contribution is 2.15. The van der Waals surface area contributed by atoms with Gasteiger partial charge in [-0.15, -0.1) is 0 Å². The Morgan fingerprint density at radius 3 is 3.10 bits per heavy atom. The van der Waals surface area contributed by atoms with E-state index in [9.17, 15) is 0 Å². The maximum Gasteiger partial charge on any atom is 0.131 e. The van der Waals surface area contributed by atoms with Crippen molar-refractivity contribution < 1.29 is 4.52 Å². The maximum atomic E-state index is 4.80. The van der Waals surface area contributed by atoms with Crippen molar-refractivity contribution in [2.75, 3.05) is 0 Å². The first-order valence-electron chi connectivity index (χ1n) is 3.17. The quantitative estimate of drug-likeness (QED) is 0.550. The van der Waals surface area contributed by atoms with Gasteiger partial charge in [-0.3, -0.25) is 0 Å². The van der Waals surface area contributed by atoms with Gasteiger partial charge in [0.05, 0.1) is 0 Å². The second-order valence-corrected chi connectivity index (χ2v) is 2.32. The molecular weight excluding hydrogens is 126 g/mol. The Morgan fingerprint density at radius 1 is 1.40 bits per heavy atom. The van der Waals surface area contributed by atoms with E-state index in [1.165, 1.54) is 5.56 Å². The third-order valence-electron chi connectivity index (χ3n) is 1.62. The fourth-order valence-electron chi connectivity index (χ4n) is 1.03. The Hall–Kier alpha value is -1.31. The predicted molar refractivity (Wildman–Crippen MR) is 38.7 cm³/mol. The van der Waals surface area contributed by atoms with Crippen LogP contribution in [-0.4, -0.2) is 5.16 Å². The van der Waals surface area contributed by atoms with E-state index in [1.807, 2.05) is 25.1 Å². The monoisotopic (exact) mass is 133 g/mol. The molecule has 0 atom stereocenters. The van der Waals surface area contributed by atoms with Crippen LogP contribution < -0.4 is 0 Å². The molecule has 0 saturated carbocycles. The van der Waals surface area contributed by atoms with Crippen LogP contribution in [0.3, 0.4) is 0 Å². The molecule has 0 N–H and O–H groups in total. The Balaban J connectivity index is 2.95. The SMILES string of the molecule is Cc1cccc2nocc12. The minimum atomic E-state index is 0.931. The average Bonchev–Trinajstić information content (AvgIpc) is 2.36. The minimum Gasteiger partial charge on any atom is -0.363 e. The second-order valence-electron chi connectivity index (χ2n) is 2.32. The minimum absolute atomic E-state index is 0.931. The molecule has 1 aromatic heterocycles. The first-order valence-corrected chi connectivity index (χ1v) is 3.17. The molecule has 0 bridgehead atoms. The van der Waals surface area contributed by atoms with E-state index in [4.69, 9.17) is 4.52 Å². The van der Waals surface area contributed by atoms with Gasteiger partial charge in [0.25, 0.3) is 0 Å². The molecule has 0 fully saturated rings. The van der Waals surface area contributed by atoms with Crippen molar-refractivity contribution in [3.63, 3.8) is 0 Å². The molecule has 50 valence electrons. The topological polar surface area (TPSA) is 26.0 Å². The lowest BCUT2D eigenvalue weighted by atomic mass is 10.2. The van der Waals surface area contributed by atoms with Crippen LogP contribution in [0.5, 0.6) is 0 Å². The Kier molecular flexibility index (Phi) is 1.01. The number of nitrogens with zero attached hydrogens (tertiary/aromatic N) is 1. The van der Waals surface area contributed by atoms with E-state index in [1.54, 1.807) is 6.26 Å². The van der Waals surface area contributed by atoms with Crippen molar-refractivity contribution in [2.45, 2.75) is 6.92 Å². The molecule has 0 aliphatic carbocycles. The van der Waals surface area contributed by atoms with Crippen molar-refractivity contribution in [1.29, 1.82) is 0 Å². The first kappa shape index (κ1) is 5.47. The van der Waals surface area contributed by atoms with E-state index in [2.05, 4.69) is 5.16 Å². The fourth-order valence-corrected chi connectivity index (χ4v) is 1.03. The number of rotatable bonds is 0. The summed E-state index contributed by atoms with van der Waals surface area (Å²) < 4.78 is 4.80. The summed E-state index contributed by atoms with van der Waals surface area (Å²) in [5, 5.41) is 4.90. The predicted octanol–water partition coefficient (Wildman–Crippen LogP) is 2.14. The second kappa shape index (κ2) is 1.84. The standard InChI is InChI=1S/C8H7NO/c1-6-3-2-4-8-7(6)5-10-9-8/h2-5H,1H3. The molecule has 0 amide bonds. The summed E-state index contributed by atoms with van der Waals surface area (Å²) in [7, 11) is 0. The molecule has 1 aromatic carbocycles. The largest absolute Gasteiger partial charge is 0.363 e. The number of benzene rings is 1. The molecule has 2 heteroatoms. The highest BCUT2D eigenvalue weighted by Gasteiger charge is 1.97. The Morgan fingerprint density at radius 2 is 2.30 bits per heavy atom. The smallest absolute Gasteiger partial charge is 0.131 e. The molecule has 10 heavy (non-hydrogen) atoms. The molecule has 0 spiro atoms. The Bertz CT molecular complexity index is 351. The van der Waals surface area contributed by atoms with Crippen LogP contribution in [0.2, 0.25) is 0 Å². The van der Waals surface area contributed by atoms with Gasteiger partial charge in [0.1, 0.15) is 11.8 Å². The summed E-state index contributed by atoms with van der Waals surface area (Å²) in [6, 6.07) is 5.95. The first-order chi connectivity index (χ1) is 4.88. The molecule has 2 aromatic rings. The lowest BCUT2D eigenvalue weighted by molar-refractivity contribution is 0.428. The van der Waals surface area contributed by atoms with E-state index < -0.39 is 0 Å². The maximum absolute atomic E-state index is 4.80. The van der Waals surface area contributed by atoms with E-state index >= 15 is 0 Å². The molecule has 0 radical (unpaired) electrons. The van der Waals surface area contributed by atoms with Crippen LogP contribution in [0.1, 0.15) is 5.56 Å². The van der Waals surface area contributed by atoms with Gasteiger partial charge in [0.2, 0.25) is 0 Å². The fraction of sp³-hybridized carbons (Fsp3) is 0.125. The molecule has 0 unspecified atom stereocenters. The molecular formula is C8H7NO. The number of hydrogen-bond donors (Lipinski definition) is 0.